The highest BCUT2D eigenvalue weighted by Gasteiger charge is 2.24. The normalized spacial score (nSPS) is 20.7. The summed E-state index contributed by atoms with van der Waals surface area (Å²) in [5, 5.41) is 3.50. The van der Waals surface area contributed by atoms with E-state index in [1.165, 1.54) is 11.3 Å². The number of benzene rings is 1. The Bertz CT molecular complexity index is 1100. The smallest absolute Gasteiger partial charge is 0.226 e. The lowest BCUT2D eigenvalue weighted by atomic mass is 9.82. The number of aromatic nitrogens is 4. The average molecular weight is 479 g/mol. The van der Waals surface area contributed by atoms with Crippen LogP contribution >= 0.6 is 0 Å². The molecule has 0 bridgehead atoms. The van der Waals surface area contributed by atoms with Gasteiger partial charge in [0, 0.05) is 56.6 Å². The maximum absolute atomic E-state index is 5.61. The van der Waals surface area contributed by atoms with Gasteiger partial charge < -0.3 is 24.4 Å². The molecule has 186 valence electrons. The van der Waals surface area contributed by atoms with Crippen molar-refractivity contribution in [2.45, 2.75) is 38.1 Å². The highest BCUT2D eigenvalue weighted by molar-refractivity contribution is 5.82. The molecule has 2 fully saturated rings. The molecule has 1 N–H and O–H groups in total. The predicted molar refractivity (Wildman–Crippen MR) is 135 cm³/mol. The molecule has 9 heteroatoms. The van der Waals surface area contributed by atoms with Crippen LogP contribution in [0.25, 0.3) is 11.0 Å². The standard InChI is InChI=1S/C26H34N6O3/c1-33-14-15-35-24-6-7-29-26(31-24)30-21-4-2-19(3-5-21)16-20-17-22(32-10-12-34-13-11-32)18-23-25(20)28-9-8-27-23/h6-9,17-19,21H,2-5,10-16H2,1H3,(H,29,30,31). The number of anilines is 2. The summed E-state index contributed by atoms with van der Waals surface area (Å²) in [6.07, 6.45) is 10.8. The molecular weight excluding hydrogens is 444 g/mol. The van der Waals surface area contributed by atoms with Gasteiger partial charge in [0.2, 0.25) is 11.8 Å². The third-order valence-corrected chi connectivity index (χ3v) is 6.87. The first-order chi connectivity index (χ1) is 17.3. The van der Waals surface area contributed by atoms with E-state index in [0.29, 0.717) is 37.0 Å². The van der Waals surface area contributed by atoms with E-state index >= 15 is 0 Å². The zero-order valence-electron chi connectivity index (χ0n) is 20.4. The topological polar surface area (TPSA) is 94.5 Å². The zero-order chi connectivity index (χ0) is 23.9. The molecule has 0 amide bonds. The number of nitrogens with zero attached hydrogens (tertiary/aromatic N) is 5. The van der Waals surface area contributed by atoms with Crippen LogP contribution in [0.15, 0.2) is 36.8 Å². The Labute approximate surface area is 206 Å². The monoisotopic (exact) mass is 478 g/mol. The van der Waals surface area contributed by atoms with Crippen LogP contribution in [-0.2, 0) is 15.9 Å². The summed E-state index contributed by atoms with van der Waals surface area (Å²) in [4.78, 5) is 20.6. The lowest BCUT2D eigenvalue weighted by Gasteiger charge is -2.31. The third-order valence-electron chi connectivity index (χ3n) is 6.87. The molecule has 3 heterocycles. The number of methoxy groups -OCH3 is 1. The van der Waals surface area contributed by atoms with Crippen molar-refractivity contribution in [2.24, 2.45) is 5.92 Å². The maximum atomic E-state index is 5.61. The van der Waals surface area contributed by atoms with Crippen LogP contribution in [0.5, 0.6) is 5.88 Å². The molecule has 0 atom stereocenters. The van der Waals surface area contributed by atoms with Crippen LogP contribution in [0.3, 0.4) is 0 Å². The molecule has 1 aliphatic heterocycles. The van der Waals surface area contributed by atoms with Crippen molar-refractivity contribution in [1.82, 2.24) is 19.9 Å². The van der Waals surface area contributed by atoms with E-state index in [-0.39, 0.29) is 0 Å². The minimum Gasteiger partial charge on any atom is -0.475 e. The summed E-state index contributed by atoms with van der Waals surface area (Å²) >= 11 is 0. The Morgan fingerprint density at radius 2 is 1.83 bits per heavy atom. The molecule has 2 aliphatic rings. The first kappa shape index (κ1) is 23.7. The Hall–Kier alpha value is -3.04. The molecule has 0 unspecified atom stereocenters. The van der Waals surface area contributed by atoms with Gasteiger partial charge in [-0.2, -0.15) is 4.98 Å². The molecule has 0 radical (unpaired) electrons. The van der Waals surface area contributed by atoms with Gasteiger partial charge in [-0.3, -0.25) is 9.97 Å². The summed E-state index contributed by atoms with van der Waals surface area (Å²) in [5.74, 6) is 1.83. The van der Waals surface area contributed by atoms with Crippen molar-refractivity contribution in [1.29, 1.82) is 0 Å². The van der Waals surface area contributed by atoms with Gasteiger partial charge in [-0.15, -0.1) is 0 Å². The quantitative estimate of drug-likeness (QED) is 0.464. The second-order valence-electron chi connectivity index (χ2n) is 9.25. The van der Waals surface area contributed by atoms with E-state index in [0.717, 1.165) is 69.4 Å². The fourth-order valence-electron chi connectivity index (χ4n) is 5.02. The zero-order valence-corrected chi connectivity index (χ0v) is 20.4. The highest BCUT2D eigenvalue weighted by Crippen LogP contribution is 2.32. The summed E-state index contributed by atoms with van der Waals surface area (Å²) < 4.78 is 16.2. The highest BCUT2D eigenvalue weighted by atomic mass is 16.5. The van der Waals surface area contributed by atoms with Crippen molar-refractivity contribution >= 4 is 22.7 Å². The van der Waals surface area contributed by atoms with Crippen molar-refractivity contribution in [3.63, 3.8) is 0 Å². The van der Waals surface area contributed by atoms with Gasteiger partial charge in [-0.1, -0.05) is 0 Å². The third kappa shape index (κ3) is 6.15. The summed E-state index contributed by atoms with van der Waals surface area (Å²) in [5.41, 5.74) is 4.55. The van der Waals surface area contributed by atoms with Gasteiger partial charge in [-0.05, 0) is 55.7 Å². The number of morpholine rings is 1. The van der Waals surface area contributed by atoms with Gasteiger partial charge in [-0.25, -0.2) is 4.98 Å². The van der Waals surface area contributed by atoms with Crippen LogP contribution in [0.4, 0.5) is 11.6 Å². The lowest BCUT2D eigenvalue weighted by Crippen LogP contribution is -2.36. The van der Waals surface area contributed by atoms with Crippen molar-refractivity contribution < 1.29 is 14.2 Å². The fraction of sp³-hybridized carbons (Fsp3) is 0.538. The van der Waals surface area contributed by atoms with Gasteiger partial charge in [0.1, 0.15) is 6.61 Å². The van der Waals surface area contributed by atoms with Crippen molar-refractivity contribution in [3.8, 4) is 5.88 Å². The van der Waals surface area contributed by atoms with E-state index in [2.05, 4.69) is 42.3 Å². The van der Waals surface area contributed by atoms with Gasteiger partial charge in [0.05, 0.1) is 30.9 Å². The molecule has 0 spiro atoms. The lowest BCUT2D eigenvalue weighted by molar-refractivity contribution is 0.122. The Morgan fingerprint density at radius 3 is 2.66 bits per heavy atom. The van der Waals surface area contributed by atoms with Crippen LogP contribution in [0.1, 0.15) is 31.2 Å². The summed E-state index contributed by atoms with van der Waals surface area (Å²) in [6.45, 7) is 4.40. The molecule has 2 aromatic heterocycles. The molecule has 5 rings (SSSR count). The second-order valence-corrected chi connectivity index (χ2v) is 9.25. The Balaban J connectivity index is 1.20. The average Bonchev–Trinajstić information content (AvgIpc) is 2.91. The molecule has 35 heavy (non-hydrogen) atoms. The Kier molecular flexibility index (Phi) is 7.85. The fourth-order valence-corrected chi connectivity index (χ4v) is 5.02. The van der Waals surface area contributed by atoms with Crippen LogP contribution in [0.2, 0.25) is 0 Å². The van der Waals surface area contributed by atoms with Crippen LogP contribution in [-0.4, -0.2) is 72.6 Å². The van der Waals surface area contributed by atoms with Crippen LogP contribution < -0.4 is 15.0 Å². The molecule has 1 saturated carbocycles. The number of fused-ring (bicyclic) bond motifs is 1. The number of nitrogens with one attached hydrogen (secondary N) is 1. The van der Waals surface area contributed by atoms with E-state index < -0.39 is 0 Å². The largest absolute Gasteiger partial charge is 0.475 e. The number of rotatable bonds is 9. The second kappa shape index (κ2) is 11.6. The van der Waals surface area contributed by atoms with E-state index in [1.54, 1.807) is 31.8 Å². The number of hydrogen-bond donors (Lipinski definition) is 1. The molecular formula is C26H34N6O3. The van der Waals surface area contributed by atoms with E-state index in [4.69, 9.17) is 14.2 Å². The minimum atomic E-state index is 0.372. The molecule has 1 aromatic carbocycles. The van der Waals surface area contributed by atoms with Gasteiger partial charge in [0.25, 0.3) is 0 Å². The minimum absolute atomic E-state index is 0.372. The van der Waals surface area contributed by atoms with Crippen molar-refractivity contribution in [2.75, 3.05) is 56.8 Å². The SMILES string of the molecule is COCCOc1ccnc(NC2CCC(Cc3cc(N4CCOCC4)cc4nccnc34)CC2)n1. The van der Waals surface area contributed by atoms with Crippen molar-refractivity contribution in [3.05, 3.63) is 42.4 Å². The first-order valence-corrected chi connectivity index (χ1v) is 12.6. The molecule has 3 aromatic rings. The number of ether oxygens (including phenoxy) is 3. The molecule has 9 nitrogen and oxygen atoms in total. The van der Waals surface area contributed by atoms with Gasteiger partial charge >= 0.3 is 0 Å². The number of hydrogen-bond acceptors (Lipinski definition) is 9. The van der Waals surface area contributed by atoms with Gasteiger partial charge in [0.15, 0.2) is 0 Å². The van der Waals surface area contributed by atoms with E-state index in [1.807, 2.05) is 0 Å². The summed E-state index contributed by atoms with van der Waals surface area (Å²) in [7, 11) is 1.66. The maximum Gasteiger partial charge on any atom is 0.226 e. The van der Waals surface area contributed by atoms with Crippen LogP contribution in [0, 0.1) is 5.92 Å². The Morgan fingerprint density at radius 1 is 1.00 bits per heavy atom. The molecule has 1 aliphatic carbocycles. The first-order valence-electron chi connectivity index (χ1n) is 12.6. The van der Waals surface area contributed by atoms with E-state index in [9.17, 15) is 0 Å². The summed E-state index contributed by atoms with van der Waals surface area (Å²) in [6, 6.07) is 6.65. The molecule has 1 saturated heterocycles. The predicted octanol–water partition coefficient (Wildman–Crippen LogP) is 3.50.